The van der Waals surface area contributed by atoms with E-state index in [2.05, 4.69) is 11.9 Å². The van der Waals surface area contributed by atoms with E-state index in [0.717, 1.165) is 36.2 Å². The topological polar surface area (TPSA) is 36.7 Å². The Morgan fingerprint density at radius 2 is 1.71 bits per heavy atom. The van der Waals surface area contributed by atoms with Gasteiger partial charge in [0.15, 0.2) is 11.5 Å². The van der Waals surface area contributed by atoms with E-state index in [0.29, 0.717) is 5.92 Å². The third-order valence-corrected chi connectivity index (χ3v) is 6.47. The van der Waals surface area contributed by atoms with Crippen LogP contribution in [0.4, 0.5) is 4.39 Å². The van der Waals surface area contributed by atoms with Gasteiger partial charge in [-0.2, -0.15) is 5.26 Å². The van der Waals surface area contributed by atoms with Crippen LogP contribution in [0.25, 0.3) is 0 Å². The summed E-state index contributed by atoms with van der Waals surface area (Å²) in [6, 6.07) is 3.34. The van der Waals surface area contributed by atoms with Crippen LogP contribution in [-0.2, 0) is 0 Å². The largest absolute Gasteiger partial charge is 0.242 e. The van der Waals surface area contributed by atoms with Crippen LogP contribution in [0, 0.1) is 34.9 Å². The lowest BCUT2D eigenvalue weighted by atomic mass is 9.68. The van der Waals surface area contributed by atoms with E-state index in [1.54, 1.807) is 12.3 Å². The Hall–Kier alpha value is -1.43. The summed E-state index contributed by atoms with van der Waals surface area (Å²) in [5.74, 6) is 2.74. The minimum atomic E-state index is -0.466. The smallest absolute Gasteiger partial charge is 0.176 e. The number of halogens is 1. The van der Waals surface area contributed by atoms with Crippen molar-refractivity contribution >= 4 is 0 Å². The van der Waals surface area contributed by atoms with Crippen LogP contribution in [-0.4, -0.2) is 4.98 Å². The molecule has 1 aromatic heterocycles. The molecule has 24 heavy (non-hydrogen) atoms. The van der Waals surface area contributed by atoms with Gasteiger partial charge >= 0.3 is 0 Å². The van der Waals surface area contributed by atoms with Gasteiger partial charge in [-0.15, -0.1) is 0 Å². The molecule has 2 nitrogen and oxygen atoms in total. The molecule has 0 unspecified atom stereocenters. The Bertz CT molecular complexity index is 576. The van der Waals surface area contributed by atoms with Crippen LogP contribution in [0.15, 0.2) is 12.3 Å². The normalized spacial score (nSPS) is 30.7. The molecule has 3 rings (SSSR count). The van der Waals surface area contributed by atoms with Crippen molar-refractivity contribution in [2.45, 2.75) is 77.0 Å². The monoisotopic (exact) mass is 328 g/mol. The van der Waals surface area contributed by atoms with Gasteiger partial charge in [-0.3, -0.25) is 0 Å². The number of aromatic nitrogens is 1. The molecule has 2 saturated carbocycles. The summed E-state index contributed by atoms with van der Waals surface area (Å²) >= 11 is 0. The van der Waals surface area contributed by atoms with Gasteiger partial charge < -0.3 is 0 Å². The van der Waals surface area contributed by atoms with Crippen molar-refractivity contribution in [3.8, 4) is 6.07 Å². The van der Waals surface area contributed by atoms with E-state index < -0.39 is 5.82 Å². The number of pyridine rings is 1. The zero-order chi connectivity index (χ0) is 16.9. The van der Waals surface area contributed by atoms with Crippen LogP contribution in [0.1, 0.15) is 88.3 Å². The average Bonchev–Trinajstić information content (AvgIpc) is 2.63. The standard InChI is InChI=1S/C21H29FN2/c1-2-3-15-4-6-16(7-5-15)17-8-10-18(11-9-17)19-12-20(22)21(13-23)24-14-19/h12,14-18H,2-11H2,1H3. The maximum absolute atomic E-state index is 13.8. The number of nitrogens with zero attached hydrogens (tertiary/aromatic N) is 2. The van der Waals surface area contributed by atoms with Gasteiger partial charge in [-0.1, -0.05) is 32.6 Å². The second-order valence-electron chi connectivity index (χ2n) is 7.89. The Kier molecular flexibility index (Phi) is 5.87. The Morgan fingerprint density at radius 3 is 2.25 bits per heavy atom. The van der Waals surface area contributed by atoms with Crippen LogP contribution >= 0.6 is 0 Å². The summed E-state index contributed by atoms with van der Waals surface area (Å²) in [4.78, 5) is 3.97. The van der Waals surface area contributed by atoms with Gasteiger partial charge in [-0.05, 0) is 73.8 Å². The molecule has 0 amide bonds. The third kappa shape index (κ3) is 3.97. The Balaban J connectivity index is 1.51. The number of hydrogen-bond donors (Lipinski definition) is 0. The van der Waals surface area contributed by atoms with Gasteiger partial charge in [0.2, 0.25) is 0 Å². The second kappa shape index (κ2) is 8.10. The van der Waals surface area contributed by atoms with Crippen LogP contribution in [0.3, 0.4) is 0 Å². The summed E-state index contributed by atoms with van der Waals surface area (Å²) in [6.07, 6.45) is 15.0. The average molecular weight is 328 g/mol. The maximum Gasteiger partial charge on any atom is 0.176 e. The molecule has 1 heterocycles. The second-order valence-corrected chi connectivity index (χ2v) is 7.89. The molecule has 1 aromatic rings. The Labute approximate surface area is 145 Å². The first-order valence-electron chi connectivity index (χ1n) is 9.76. The minimum Gasteiger partial charge on any atom is -0.242 e. The molecule has 130 valence electrons. The predicted molar refractivity (Wildman–Crippen MR) is 94.0 cm³/mol. The predicted octanol–water partition coefficient (Wildman–Crippen LogP) is 5.97. The van der Waals surface area contributed by atoms with E-state index in [4.69, 9.17) is 5.26 Å². The molecule has 0 atom stereocenters. The molecule has 0 aliphatic heterocycles. The highest BCUT2D eigenvalue weighted by molar-refractivity contribution is 5.27. The first-order chi connectivity index (χ1) is 11.7. The Morgan fingerprint density at radius 1 is 1.08 bits per heavy atom. The summed E-state index contributed by atoms with van der Waals surface area (Å²) < 4.78 is 13.8. The third-order valence-electron chi connectivity index (χ3n) is 6.47. The van der Waals surface area contributed by atoms with Crippen LogP contribution in [0.5, 0.6) is 0 Å². The van der Waals surface area contributed by atoms with Gasteiger partial charge in [0, 0.05) is 6.20 Å². The molecule has 0 saturated heterocycles. The molecule has 2 aliphatic rings. The van der Waals surface area contributed by atoms with Crippen molar-refractivity contribution in [3.63, 3.8) is 0 Å². The lowest BCUT2D eigenvalue weighted by molar-refractivity contribution is 0.156. The lowest BCUT2D eigenvalue weighted by Gasteiger charge is -2.38. The number of hydrogen-bond acceptors (Lipinski definition) is 2. The highest BCUT2D eigenvalue weighted by Crippen LogP contribution is 2.44. The molecule has 0 spiro atoms. The number of rotatable bonds is 4. The number of nitriles is 1. The van der Waals surface area contributed by atoms with E-state index in [9.17, 15) is 4.39 Å². The molecule has 2 fully saturated rings. The molecule has 3 heteroatoms. The first kappa shape index (κ1) is 17.4. The zero-order valence-electron chi connectivity index (χ0n) is 14.8. The molecule has 0 aromatic carbocycles. The minimum absolute atomic E-state index is 0.0868. The highest BCUT2D eigenvalue weighted by atomic mass is 19.1. The van der Waals surface area contributed by atoms with Crippen molar-refractivity contribution < 1.29 is 4.39 Å². The van der Waals surface area contributed by atoms with Crippen molar-refractivity contribution in [2.24, 2.45) is 17.8 Å². The molecule has 0 bridgehead atoms. The van der Waals surface area contributed by atoms with Gasteiger partial charge in [0.25, 0.3) is 0 Å². The first-order valence-corrected chi connectivity index (χ1v) is 9.76. The van der Waals surface area contributed by atoms with Crippen molar-refractivity contribution in [1.29, 1.82) is 5.26 Å². The zero-order valence-corrected chi connectivity index (χ0v) is 14.8. The van der Waals surface area contributed by atoms with E-state index in [-0.39, 0.29) is 5.69 Å². The highest BCUT2D eigenvalue weighted by Gasteiger charge is 2.31. The maximum atomic E-state index is 13.8. The fraction of sp³-hybridized carbons (Fsp3) is 0.714. The summed E-state index contributed by atoms with van der Waals surface area (Å²) in [5, 5.41) is 8.80. The van der Waals surface area contributed by atoms with Gasteiger partial charge in [-0.25, -0.2) is 9.37 Å². The van der Waals surface area contributed by atoms with Crippen LogP contribution in [0.2, 0.25) is 0 Å². The summed E-state index contributed by atoms with van der Waals surface area (Å²) in [6.45, 7) is 2.30. The quantitative estimate of drug-likeness (QED) is 0.682. The van der Waals surface area contributed by atoms with Crippen LogP contribution < -0.4 is 0 Å². The van der Waals surface area contributed by atoms with Crippen molar-refractivity contribution in [2.75, 3.05) is 0 Å². The molecular formula is C21H29FN2. The van der Waals surface area contributed by atoms with Gasteiger partial charge in [0.1, 0.15) is 6.07 Å². The molecular weight excluding hydrogens is 299 g/mol. The van der Waals surface area contributed by atoms with Gasteiger partial charge in [0.05, 0.1) is 0 Å². The van der Waals surface area contributed by atoms with E-state index >= 15 is 0 Å². The SMILES string of the molecule is CCCC1CCC(C2CCC(c3cnc(C#N)c(F)c3)CC2)CC1. The summed E-state index contributed by atoms with van der Waals surface area (Å²) in [7, 11) is 0. The van der Waals surface area contributed by atoms with Crippen molar-refractivity contribution in [1.82, 2.24) is 4.98 Å². The van der Waals surface area contributed by atoms with Crippen molar-refractivity contribution in [3.05, 3.63) is 29.3 Å². The fourth-order valence-corrected chi connectivity index (χ4v) is 5.04. The fourth-order valence-electron chi connectivity index (χ4n) is 5.04. The molecule has 0 N–H and O–H groups in total. The van der Waals surface area contributed by atoms with E-state index in [1.165, 1.54) is 57.4 Å². The lowest BCUT2D eigenvalue weighted by Crippen LogP contribution is -2.25. The summed E-state index contributed by atoms with van der Waals surface area (Å²) in [5.41, 5.74) is 0.896. The molecule has 0 radical (unpaired) electrons. The molecule has 2 aliphatic carbocycles. The van der Waals surface area contributed by atoms with E-state index in [1.807, 2.05) is 0 Å².